The minimum atomic E-state index is -2.65. The molecule has 0 bridgehead atoms. The van der Waals surface area contributed by atoms with Crippen LogP contribution in [0.1, 0.15) is 0 Å². The highest BCUT2D eigenvalue weighted by atomic mass is 28.3. The number of anilines is 3. The van der Waals surface area contributed by atoms with Gasteiger partial charge >= 0.3 is 0 Å². The summed E-state index contributed by atoms with van der Waals surface area (Å²) < 4.78 is 0. The van der Waals surface area contributed by atoms with Crippen LogP contribution in [-0.2, 0) is 0 Å². The molecule has 0 aromatic heterocycles. The molecular formula is C62H43NSi. The standard InChI is InChI=1S/C62H43NSi/c1-5-17-44(18-6-1)46-29-35-51(36-30-46)63(60-43-50-21-13-14-26-55(50)56-27-15-16-28-57(56)60)52-37-31-47(32-38-52)49-34-40-62-59(42-49)58-41-48(45-19-7-2-8-20-45)33-39-61(58)64(62,53-22-9-3-10-23-53)54-24-11-4-12-25-54/h1-43H. The van der Waals surface area contributed by atoms with Crippen molar-refractivity contribution in [3.05, 3.63) is 261 Å². The molecule has 300 valence electrons. The van der Waals surface area contributed by atoms with Gasteiger partial charge in [0.2, 0.25) is 0 Å². The van der Waals surface area contributed by atoms with E-state index in [2.05, 4.69) is 266 Å². The van der Waals surface area contributed by atoms with Gasteiger partial charge in [-0.05, 0) is 124 Å². The third-order valence-corrected chi connectivity index (χ3v) is 18.2. The first-order valence-electron chi connectivity index (χ1n) is 22.2. The second kappa shape index (κ2) is 15.7. The van der Waals surface area contributed by atoms with E-state index in [4.69, 9.17) is 0 Å². The zero-order valence-corrected chi connectivity index (χ0v) is 36.3. The van der Waals surface area contributed by atoms with Crippen LogP contribution in [-0.4, -0.2) is 8.07 Å². The predicted octanol–water partition coefficient (Wildman–Crippen LogP) is 13.8. The van der Waals surface area contributed by atoms with E-state index in [0.717, 1.165) is 17.1 Å². The van der Waals surface area contributed by atoms with Crippen LogP contribution in [0.2, 0.25) is 0 Å². The lowest BCUT2D eigenvalue weighted by Gasteiger charge is -2.31. The average Bonchev–Trinajstić information content (AvgIpc) is 3.68. The molecule has 0 atom stereocenters. The zero-order chi connectivity index (χ0) is 42.5. The van der Waals surface area contributed by atoms with E-state index in [9.17, 15) is 0 Å². The maximum atomic E-state index is 2.47. The Balaban J connectivity index is 1.01. The van der Waals surface area contributed by atoms with E-state index in [-0.39, 0.29) is 0 Å². The fourth-order valence-corrected chi connectivity index (χ4v) is 15.5. The summed E-state index contributed by atoms with van der Waals surface area (Å²) in [7, 11) is -2.65. The molecule has 1 aliphatic rings. The Morgan fingerprint density at radius 3 is 1.16 bits per heavy atom. The molecule has 0 unspecified atom stereocenters. The summed E-state index contributed by atoms with van der Waals surface area (Å²) in [6.07, 6.45) is 0. The lowest BCUT2D eigenvalue weighted by molar-refractivity contribution is 1.30. The Bertz CT molecular complexity index is 3420. The largest absolute Gasteiger partial charge is 0.310 e. The van der Waals surface area contributed by atoms with Gasteiger partial charge in [-0.15, -0.1) is 0 Å². The van der Waals surface area contributed by atoms with Crippen LogP contribution in [0.4, 0.5) is 17.1 Å². The Kier molecular flexibility index (Phi) is 9.25. The molecule has 64 heavy (non-hydrogen) atoms. The number of fused-ring (bicyclic) bond motifs is 6. The summed E-state index contributed by atoms with van der Waals surface area (Å²) in [4.78, 5) is 2.43. The van der Waals surface area contributed by atoms with E-state index in [1.165, 1.54) is 86.8 Å². The molecule has 1 nitrogen and oxygen atoms in total. The SMILES string of the molecule is c1ccc(-c2ccc(N(c3ccc(-c4ccc5c(c4)-c4cc(-c6ccccc6)ccc4[Si]5(c4ccccc4)c4ccccc4)cc3)c3cc4ccccc4c4ccccc34)cc2)cc1. The van der Waals surface area contributed by atoms with E-state index >= 15 is 0 Å². The van der Waals surface area contributed by atoms with E-state index < -0.39 is 8.07 Å². The second-order valence-electron chi connectivity index (χ2n) is 16.8. The van der Waals surface area contributed by atoms with Crippen molar-refractivity contribution in [2.75, 3.05) is 4.90 Å². The van der Waals surface area contributed by atoms with Crippen LogP contribution in [0, 0.1) is 0 Å². The highest BCUT2D eigenvalue weighted by Crippen LogP contribution is 2.43. The van der Waals surface area contributed by atoms with Gasteiger partial charge < -0.3 is 4.90 Å². The molecule has 0 radical (unpaired) electrons. The molecule has 2 heteroatoms. The van der Waals surface area contributed by atoms with Gasteiger partial charge in [0.05, 0.1) is 5.69 Å². The molecule has 11 aromatic rings. The summed E-state index contributed by atoms with van der Waals surface area (Å²) in [5.41, 5.74) is 13.3. The monoisotopic (exact) mass is 829 g/mol. The molecule has 12 rings (SSSR count). The van der Waals surface area contributed by atoms with Crippen molar-refractivity contribution in [1.29, 1.82) is 0 Å². The van der Waals surface area contributed by atoms with Gasteiger partial charge in [-0.3, -0.25) is 0 Å². The van der Waals surface area contributed by atoms with Crippen LogP contribution in [0.25, 0.3) is 66.1 Å². The smallest absolute Gasteiger partial charge is 0.180 e. The van der Waals surface area contributed by atoms with Crippen LogP contribution in [0.5, 0.6) is 0 Å². The molecule has 0 aliphatic carbocycles. The van der Waals surface area contributed by atoms with Gasteiger partial charge in [0.1, 0.15) is 0 Å². The van der Waals surface area contributed by atoms with Gasteiger partial charge in [-0.1, -0.05) is 218 Å². The summed E-state index contributed by atoms with van der Waals surface area (Å²) in [6, 6.07) is 96.6. The van der Waals surface area contributed by atoms with E-state index in [1.807, 2.05) is 0 Å². The van der Waals surface area contributed by atoms with Gasteiger partial charge in [0.15, 0.2) is 8.07 Å². The number of benzene rings is 11. The maximum Gasteiger partial charge on any atom is 0.180 e. The first-order valence-corrected chi connectivity index (χ1v) is 24.2. The summed E-state index contributed by atoms with van der Waals surface area (Å²) in [5, 5.41) is 10.7. The normalized spacial score (nSPS) is 12.5. The van der Waals surface area contributed by atoms with Crippen molar-refractivity contribution in [3.63, 3.8) is 0 Å². The summed E-state index contributed by atoms with van der Waals surface area (Å²) in [5.74, 6) is 0. The highest BCUT2D eigenvalue weighted by molar-refractivity contribution is 7.22. The molecule has 0 saturated carbocycles. The van der Waals surface area contributed by atoms with Gasteiger partial charge in [0, 0.05) is 16.8 Å². The lowest BCUT2D eigenvalue weighted by atomic mass is 9.96. The van der Waals surface area contributed by atoms with Gasteiger partial charge in [-0.25, -0.2) is 0 Å². The molecule has 0 fully saturated rings. The zero-order valence-electron chi connectivity index (χ0n) is 35.3. The molecule has 1 aliphatic heterocycles. The van der Waals surface area contributed by atoms with Gasteiger partial charge in [0.25, 0.3) is 0 Å². The molecule has 0 saturated heterocycles. The molecular weight excluding hydrogens is 787 g/mol. The minimum Gasteiger partial charge on any atom is -0.310 e. The van der Waals surface area contributed by atoms with Crippen molar-refractivity contribution in [2.45, 2.75) is 0 Å². The Morgan fingerprint density at radius 2 is 0.641 bits per heavy atom. The topological polar surface area (TPSA) is 3.24 Å². The third-order valence-electron chi connectivity index (χ3n) is 13.3. The van der Waals surface area contributed by atoms with Crippen LogP contribution >= 0.6 is 0 Å². The number of hydrogen-bond donors (Lipinski definition) is 0. The van der Waals surface area contributed by atoms with Gasteiger partial charge in [-0.2, -0.15) is 0 Å². The van der Waals surface area contributed by atoms with Crippen molar-refractivity contribution in [3.8, 4) is 44.5 Å². The van der Waals surface area contributed by atoms with Crippen molar-refractivity contribution >= 4 is 67.4 Å². The second-order valence-corrected chi connectivity index (χ2v) is 20.6. The Morgan fingerprint density at radius 1 is 0.266 bits per heavy atom. The summed E-state index contributed by atoms with van der Waals surface area (Å²) >= 11 is 0. The van der Waals surface area contributed by atoms with Crippen LogP contribution in [0.15, 0.2) is 261 Å². The molecule has 1 heterocycles. The first kappa shape index (κ1) is 37.7. The Hall–Kier alpha value is -8.04. The quantitative estimate of drug-likeness (QED) is 0.109. The van der Waals surface area contributed by atoms with E-state index in [0.29, 0.717) is 0 Å². The minimum absolute atomic E-state index is 1.11. The maximum absolute atomic E-state index is 2.65. The molecule has 0 amide bonds. The third kappa shape index (κ3) is 6.22. The predicted molar refractivity (Wildman–Crippen MR) is 275 cm³/mol. The van der Waals surface area contributed by atoms with Crippen molar-refractivity contribution < 1.29 is 0 Å². The summed E-state index contributed by atoms with van der Waals surface area (Å²) in [6.45, 7) is 0. The lowest BCUT2D eigenvalue weighted by Crippen LogP contribution is -2.72. The fraction of sp³-hybridized carbons (Fsp3) is 0. The van der Waals surface area contributed by atoms with Crippen molar-refractivity contribution in [2.24, 2.45) is 0 Å². The number of rotatable bonds is 8. The highest BCUT2D eigenvalue weighted by Gasteiger charge is 2.48. The first-order chi connectivity index (χ1) is 31.7. The van der Waals surface area contributed by atoms with E-state index in [1.54, 1.807) is 0 Å². The average molecular weight is 830 g/mol. The molecule has 11 aromatic carbocycles. The van der Waals surface area contributed by atoms with Crippen LogP contribution < -0.4 is 25.6 Å². The van der Waals surface area contributed by atoms with Crippen molar-refractivity contribution in [1.82, 2.24) is 0 Å². The molecule has 0 N–H and O–H groups in total. The fourth-order valence-electron chi connectivity index (χ4n) is 10.4. The number of nitrogens with zero attached hydrogens (tertiary/aromatic N) is 1. The molecule has 0 spiro atoms. The van der Waals surface area contributed by atoms with Crippen LogP contribution in [0.3, 0.4) is 0 Å². The Labute approximate surface area is 375 Å². The number of hydrogen-bond acceptors (Lipinski definition) is 1.